The van der Waals surface area contributed by atoms with Crippen LogP contribution in [0.4, 0.5) is 0 Å². The lowest BCUT2D eigenvalue weighted by Gasteiger charge is -2.23. The Bertz CT molecular complexity index is 692. The summed E-state index contributed by atoms with van der Waals surface area (Å²) in [5.74, 6) is 2.01. The molecular weight excluding hydrogens is 312 g/mol. The number of carbonyl (C=O) groups is 1. The van der Waals surface area contributed by atoms with Gasteiger partial charge < -0.3 is 10.2 Å². The number of thiazole rings is 1. The molecule has 1 atom stereocenters. The number of nitrogens with zero attached hydrogens (tertiary/aromatic N) is 5. The molecule has 1 amide bonds. The van der Waals surface area contributed by atoms with Gasteiger partial charge in [0.1, 0.15) is 16.7 Å². The number of amides is 1. The Morgan fingerprint density at radius 3 is 3.09 bits per heavy atom. The van der Waals surface area contributed by atoms with Crippen LogP contribution in [0.15, 0.2) is 5.38 Å². The predicted octanol–water partition coefficient (Wildman–Crippen LogP) is 0.778. The van der Waals surface area contributed by atoms with Gasteiger partial charge in [0.2, 0.25) is 5.91 Å². The Balaban J connectivity index is 1.51. The first-order chi connectivity index (χ1) is 11.0. The molecule has 0 saturated carbocycles. The third kappa shape index (κ3) is 3.94. The van der Waals surface area contributed by atoms with Crippen molar-refractivity contribution in [3.8, 4) is 0 Å². The highest BCUT2D eigenvalue weighted by Gasteiger charge is 2.20. The third-order valence-electron chi connectivity index (χ3n) is 3.94. The van der Waals surface area contributed by atoms with Crippen LogP contribution in [0.3, 0.4) is 0 Å². The molecule has 7 nitrogen and oxygen atoms in total. The maximum Gasteiger partial charge on any atom is 0.228 e. The van der Waals surface area contributed by atoms with Crippen LogP contribution >= 0.6 is 11.3 Å². The Labute approximate surface area is 139 Å². The number of nitrogens with one attached hydrogen (secondary N) is 1. The molecule has 3 rings (SSSR count). The molecule has 1 unspecified atom stereocenters. The summed E-state index contributed by atoms with van der Waals surface area (Å²) in [4.78, 5) is 22.3. The molecule has 0 aliphatic carbocycles. The van der Waals surface area contributed by atoms with Crippen molar-refractivity contribution < 1.29 is 4.79 Å². The minimum absolute atomic E-state index is 0.0835. The highest BCUT2D eigenvalue weighted by molar-refractivity contribution is 7.09. The predicted molar refractivity (Wildman–Crippen MR) is 88.2 cm³/mol. The first-order valence-electron chi connectivity index (χ1n) is 7.78. The molecule has 2 aromatic heterocycles. The van der Waals surface area contributed by atoms with E-state index in [1.807, 2.05) is 17.0 Å². The summed E-state index contributed by atoms with van der Waals surface area (Å²) >= 11 is 1.55. The lowest BCUT2D eigenvalue weighted by atomic mass is 10.1. The first-order valence-corrected chi connectivity index (χ1v) is 8.66. The number of carbonyl (C=O) groups excluding carboxylic acids is 1. The number of fused-ring (bicyclic) bond motifs is 1. The van der Waals surface area contributed by atoms with Crippen molar-refractivity contribution in [3.05, 3.63) is 27.7 Å². The second-order valence-electron chi connectivity index (χ2n) is 6.07. The van der Waals surface area contributed by atoms with Gasteiger partial charge in [-0.15, -0.1) is 11.3 Å². The van der Waals surface area contributed by atoms with Crippen molar-refractivity contribution >= 4 is 17.2 Å². The van der Waals surface area contributed by atoms with E-state index in [2.05, 4.69) is 20.4 Å². The van der Waals surface area contributed by atoms with Crippen LogP contribution in [0.1, 0.15) is 28.8 Å². The van der Waals surface area contributed by atoms with Crippen molar-refractivity contribution in [2.45, 2.75) is 45.3 Å². The van der Waals surface area contributed by atoms with Gasteiger partial charge in [0.15, 0.2) is 0 Å². The van der Waals surface area contributed by atoms with Crippen LogP contribution in [0, 0.1) is 6.92 Å². The minimum atomic E-state index is 0.0835. The van der Waals surface area contributed by atoms with Crippen LogP contribution in [-0.4, -0.2) is 50.7 Å². The highest BCUT2D eigenvalue weighted by atomic mass is 32.1. The molecule has 1 aliphatic heterocycles. The zero-order chi connectivity index (χ0) is 16.4. The van der Waals surface area contributed by atoms with Crippen LogP contribution < -0.4 is 5.32 Å². The Hall–Kier alpha value is -1.80. The van der Waals surface area contributed by atoms with Crippen molar-refractivity contribution in [2.24, 2.45) is 0 Å². The van der Waals surface area contributed by atoms with Gasteiger partial charge in [-0.25, -0.2) is 14.6 Å². The Morgan fingerprint density at radius 1 is 1.48 bits per heavy atom. The zero-order valence-corrected chi connectivity index (χ0v) is 14.6. The second kappa shape index (κ2) is 6.76. The van der Waals surface area contributed by atoms with E-state index in [1.165, 1.54) is 0 Å². The average molecular weight is 334 g/mol. The van der Waals surface area contributed by atoms with E-state index >= 15 is 0 Å². The maximum absolute atomic E-state index is 11.7. The van der Waals surface area contributed by atoms with Crippen molar-refractivity contribution in [2.75, 3.05) is 14.1 Å². The summed E-state index contributed by atoms with van der Waals surface area (Å²) in [6.07, 6.45) is 2.40. The van der Waals surface area contributed by atoms with Crippen LogP contribution in [-0.2, 0) is 30.7 Å². The summed E-state index contributed by atoms with van der Waals surface area (Å²) in [6.45, 7) is 3.51. The second-order valence-corrected chi connectivity index (χ2v) is 7.01. The topological polar surface area (TPSA) is 75.9 Å². The van der Waals surface area contributed by atoms with Crippen molar-refractivity contribution in [1.29, 1.82) is 0 Å². The molecule has 0 bridgehead atoms. The summed E-state index contributed by atoms with van der Waals surface area (Å²) in [5, 5.41) is 10.9. The normalized spacial score (nSPS) is 17.1. The first kappa shape index (κ1) is 16.1. The minimum Gasteiger partial charge on any atom is -0.348 e. The maximum atomic E-state index is 11.7. The lowest BCUT2D eigenvalue weighted by molar-refractivity contribution is -0.127. The molecule has 1 N–H and O–H groups in total. The fourth-order valence-corrected chi connectivity index (χ4v) is 3.43. The summed E-state index contributed by atoms with van der Waals surface area (Å²) in [5.41, 5.74) is 0.997. The van der Waals surface area contributed by atoms with Gasteiger partial charge in [-0.1, -0.05) is 0 Å². The van der Waals surface area contributed by atoms with Crippen LogP contribution in [0.2, 0.25) is 0 Å². The number of likely N-dealkylation sites (N-methyl/N-ethyl adjacent to an activating group) is 1. The van der Waals surface area contributed by atoms with Gasteiger partial charge in [0.05, 0.1) is 18.7 Å². The Morgan fingerprint density at radius 2 is 2.30 bits per heavy atom. The molecule has 23 heavy (non-hydrogen) atoms. The average Bonchev–Trinajstić information content (AvgIpc) is 3.09. The molecular formula is C15H22N6OS. The molecule has 0 radical (unpaired) electrons. The van der Waals surface area contributed by atoms with Gasteiger partial charge in [0, 0.05) is 38.5 Å². The van der Waals surface area contributed by atoms with E-state index < -0.39 is 0 Å². The van der Waals surface area contributed by atoms with E-state index in [4.69, 9.17) is 0 Å². The molecule has 0 fully saturated rings. The molecule has 8 heteroatoms. The molecule has 1 aliphatic rings. The molecule has 0 aromatic carbocycles. The lowest BCUT2D eigenvalue weighted by Crippen LogP contribution is -2.37. The monoisotopic (exact) mass is 334 g/mol. The van der Waals surface area contributed by atoms with Gasteiger partial charge in [-0.3, -0.25) is 4.79 Å². The molecule has 0 spiro atoms. The van der Waals surface area contributed by atoms with E-state index in [0.29, 0.717) is 12.5 Å². The van der Waals surface area contributed by atoms with E-state index in [1.54, 1.807) is 30.3 Å². The van der Waals surface area contributed by atoms with Crippen molar-refractivity contribution in [3.63, 3.8) is 0 Å². The quantitative estimate of drug-likeness (QED) is 0.874. The summed E-state index contributed by atoms with van der Waals surface area (Å²) in [6, 6.07) is 0.386. The number of aryl methyl sites for hydroxylation is 2. The summed E-state index contributed by atoms with van der Waals surface area (Å²) < 4.78 is 2.00. The number of hydrogen-bond donors (Lipinski definition) is 1. The van der Waals surface area contributed by atoms with Gasteiger partial charge in [-0.05, 0) is 13.3 Å². The highest BCUT2D eigenvalue weighted by Crippen LogP contribution is 2.15. The van der Waals surface area contributed by atoms with E-state index in [0.717, 1.165) is 48.3 Å². The van der Waals surface area contributed by atoms with Gasteiger partial charge >= 0.3 is 0 Å². The third-order valence-corrected chi connectivity index (χ3v) is 4.83. The smallest absolute Gasteiger partial charge is 0.228 e. The molecule has 0 saturated heterocycles. The number of aromatic nitrogens is 4. The molecule has 3 heterocycles. The van der Waals surface area contributed by atoms with E-state index in [-0.39, 0.29) is 5.91 Å². The number of rotatable bonds is 5. The zero-order valence-electron chi connectivity index (χ0n) is 13.7. The SMILES string of the molecule is Cc1nc2n(n1)CC(NCc1csc(CC(=O)N(C)C)n1)CC2. The Kier molecular flexibility index (Phi) is 4.72. The summed E-state index contributed by atoms with van der Waals surface area (Å²) in [7, 11) is 3.53. The number of hydrogen-bond acceptors (Lipinski definition) is 6. The van der Waals surface area contributed by atoms with Crippen LogP contribution in [0.5, 0.6) is 0 Å². The fraction of sp³-hybridized carbons (Fsp3) is 0.600. The van der Waals surface area contributed by atoms with Crippen LogP contribution in [0.25, 0.3) is 0 Å². The van der Waals surface area contributed by atoms with Crippen molar-refractivity contribution in [1.82, 2.24) is 30.0 Å². The largest absolute Gasteiger partial charge is 0.348 e. The van der Waals surface area contributed by atoms with Gasteiger partial charge in [-0.2, -0.15) is 5.10 Å². The molecule has 2 aromatic rings. The molecule has 124 valence electrons. The fourth-order valence-electron chi connectivity index (χ4n) is 2.65. The standard InChI is InChI=1S/C15H22N6OS/c1-10-17-13-5-4-11(8-21(13)19-10)16-7-12-9-23-14(18-12)6-15(22)20(2)3/h9,11,16H,4-8H2,1-3H3. The van der Waals surface area contributed by atoms with E-state index in [9.17, 15) is 4.79 Å². The van der Waals surface area contributed by atoms with Gasteiger partial charge in [0.25, 0.3) is 0 Å².